The number of hydrogen-bond acceptors (Lipinski definition) is 1. The van der Waals surface area contributed by atoms with Gasteiger partial charge in [0, 0.05) is 4.47 Å². The van der Waals surface area contributed by atoms with Gasteiger partial charge in [0.25, 0.3) is 0 Å². The topological polar surface area (TPSA) is 12.0 Å². The molecular weight excluding hydrogens is 281 g/mol. The lowest BCUT2D eigenvalue weighted by Gasteiger charge is -2.07. The van der Waals surface area contributed by atoms with E-state index in [4.69, 9.17) is 0 Å². The van der Waals surface area contributed by atoms with Crippen LogP contribution in [0.25, 0.3) is 0 Å². The van der Waals surface area contributed by atoms with Crippen LogP contribution >= 0.6 is 15.9 Å². The summed E-state index contributed by atoms with van der Waals surface area (Å²) in [6, 6.07) is 5.10. The molecule has 3 heteroatoms. The average molecular weight is 302 g/mol. The first-order chi connectivity index (χ1) is 8.08. The lowest BCUT2D eigenvalue weighted by atomic mass is 10.1. The van der Waals surface area contributed by atoms with Gasteiger partial charge in [0.05, 0.1) is 0 Å². The van der Waals surface area contributed by atoms with E-state index in [1.807, 2.05) is 6.07 Å². The second-order valence-electron chi connectivity index (χ2n) is 4.83. The van der Waals surface area contributed by atoms with Gasteiger partial charge in [-0.1, -0.05) is 29.8 Å². The Morgan fingerprint density at radius 3 is 2.65 bits per heavy atom. The summed E-state index contributed by atoms with van der Waals surface area (Å²) in [6.07, 6.45) is 3.18. The fourth-order valence-corrected chi connectivity index (χ4v) is 2.24. The lowest BCUT2D eigenvalue weighted by molar-refractivity contribution is 0.535. The van der Waals surface area contributed by atoms with Crippen molar-refractivity contribution in [3.05, 3.63) is 34.1 Å². The quantitative estimate of drug-likeness (QED) is 0.746. The lowest BCUT2D eigenvalue weighted by Crippen LogP contribution is -2.20. The molecule has 0 saturated heterocycles. The molecule has 1 nitrogen and oxygen atoms in total. The van der Waals surface area contributed by atoms with E-state index in [0.717, 1.165) is 42.4 Å². The summed E-state index contributed by atoms with van der Waals surface area (Å²) in [4.78, 5) is 0. The van der Waals surface area contributed by atoms with E-state index in [-0.39, 0.29) is 5.82 Å². The highest BCUT2D eigenvalue weighted by Crippen LogP contribution is 2.16. The molecule has 0 radical (unpaired) electrons. The van der Waals surface area contributed by atoms with Crippen LogP contribution < -0.4 is 5.32 Å². The molecule has 0 fully saturated rings. The molecule has 0 amide bonds. The van der Waals surface area contributed by atoms with Gasteiger partial charge in [0.15, 0.2) is 0 Å². The summed E-state index contributed by atoms with van der Waals surface area (Å²) < 4.78 is 13.9. The van der Waals surface area contributed by atoms with Crippen molar-refractivity contribution >= 4 is 15.9 Å². The number of benzene rings is 1. The van der Waals surface area contributed by atoms with Crippen molar-refractivity contribution in [2.45, 2.75) is 33.1 Å². The number of nitrogens with one attached hydrogen (secondary N) is 1. The Morgan fingerprint density at radius 1 is 1.24 bits per heavy atom. The second-order valence-corrected chi connectivity index (χ2v) is 5.75. The number of hydrogen-bond donors (Lipinski definition) is 1. The molecule has 0 aliphatic rings. The summed E-state index contributed by atoms with van der Waals surface area (Å²) in [5.74, 6) is 0.543. The smallest absolute Gasteiger partial charge is 0.124 e. The first-order valence-corrected chi connectivity index (χ1v) is 7.03. The number of rotatable bonds is 7. The predicted octanol–water partition coefficient (Wildman–Crippen LogP) is 4.16. The van der Waals surface area contributed by atoms with Crippen LogP contribution in [0.15, 0.2) is 22.7 Å². The van der Waals surface area contributed by atoms with Gasteiger partial charge in [-0.25, -0.2) is 4.39 Å². The zero-order chi connectivity index (χ0) is 12.7. The predicted molar refractivity (Wildman–Crippen MR) is 74.7 cm³/mol. The van der Waals surface area contributed by atoms with Gasteiger partial charge in [0.2, 0.25) is 0 Å². The molecule has 0 bridgehead atoms. The zero-order valence-electron chi connectivity index (χ0n) is 10.6. The maximum Gasteiger partial charge on any atom is 0.124 e. The average Bonchev–Trinajstić information content (AvgIpc) is 2.21. The van der Waals surface area contributed by atoms with Gasteiger partial charge in [-0.2, -0.15) is 0 Å². The molecule has 1 N–H and O–H groups in total. The van der Waals surface area contributed by atoms with Gasteiger partial charge in [-0.15, -0.1) is 0 Å². The largest absolute Gasteiger partial charge is 0.316 e. The molecule has 0 aliphatic heterocycles. The Labute approximate surface area is 112 Å². The van der Waals surface area contributed by atoms with Gasteiger partial charge in [0.1, 0.15) is 5.82 Å². The summed E-state index contributed by atoms with van der Waals surface area (Å²) in [6.45, 7) is 6.54. The minimum absolute atomic E-state index is 0.160. The fourth-order valence-electron chi connectivity index (χ4n) is 1.73. The van der Waals surface area contributed by atoms with Crippen molar-refractivity contribution in [1.82, 2.24) is 5.32 Å². The molecule has 1 aromatic rings. The zero-order valence-corrected chi connectivity index (χ0v) is 12.2. The Morgan fingerprint density at radius 2 is 2.00 bits per heavy atom. The van der Waals surface area contributed by atoms with E-state index in [1.165, 1.54) is 6.07 Å². The third kappa shape index (κ3) is 6.79. The minimum Gasteiger partial charge on any atom is -0.316 e. The molecule has 0 aliphatic carbocycles. The first kappa shape index (κ1) is 14.7. The maximum atomic E-state index is 13.1. The van der Waals surface area contributed by atoms with Crippen molar-refractivity contribution in [3.8, 4) is 0 Å². The SMILES string of the molecule is CC(C)CNCCCCc1cc(F)cc(Br)c1. The monoisotopic (exact) mass is 301 g/mol. The van der Waals surface area contributed by atoms with Crippen LogP contribution in [-0.4, -0.2) is 13.1 Å². The Bertz CT molecular complexity index is 319. The molecule has 96 valence electrons. The summed E-state index contributed by atoms with van der Waals surface area (Å²) >= 11 is 3.31. The van der Waals surface area contributed by atoms with Crippen LogP contribution in [0.1, 0.15) is 32.3 Å². The van der Waals surface area contributed by atoms with Crippen LogP contribution in [0.2, 0.25) is 0 Å². The molecule has 0 aromatic heterocycles. The number of halogens is 2. The third-order valence-corrected chi connectivity index (χ3v) is 3.00. The summed E-state index contributed by atoms with van der Waals surface area (Å²) in [7, 11) is 0. The van der Waals surface area contributed by atoms with Gasteiger partial charge >= 0.3 is 0 Å². The van der Waals surface area contributed by atoms with E-state index in [1.54, 1.807) is 6.07 Å². The van der Waals surface area contributed by atoms with Crippen LogP contribution in [0.4, 0.5) is 4.39 Å². The molecule has 0 unspecified atom stereocenters. The Kier molecular flexibility index (Phi) is 6.75. The third-order valence-electron chi connectivity index (χ3n) is 2.54. The maximum absolute atomic E-state index is 13.1. The van der Waals surface area contributed by atoms with Gasteiger partial charge in [-0.05, 0) is 62.0 Å². The molecule has 0 spiro atoms. The number of aryl methyl sites for hydroxylation is 1. The van der Waals surface area contributed by atoms with E-state index in [9.17, 15) is 4.39 Å². The molecule has 17 heavy (non-hydrogen) atoms. The van der Waals surface area contributed by atoms with Gasteiger partial charge in [-0.3, -0.25) is 0 Å². The van der Waals surface area contributed by atoms with Crippen molar-refractivity contribution in [2.75, 3.05) is 13.1 Å². The molecule has 1 rings (SSSR count). The van der Waals surface area contributed by atoms with Crippen molar-refractivity contribution in [2.24, 2.45) is 5.92 Å². The Balaban J connectivity index is 2.18. The van der Waals surface area contributed by atoms with Crippen molar-refractivity contribution < 1.29 is 4.39 Å². The normalized spacial score (nSPS) is 11.1. The van der Waals surface area contributed by atoms with Crippen LogP contribution in [0, 0.1) is 11.7 Å². The summed E-state index contributed by atoms with van der Waals surface area (Å²) in [5.41, 5.74) is 1.07. The van der Waals surface area contributed by atoms with Crippen molar-refractivity contribution in [3.63, 3.8) is 0 Å². The molecule has 0 heterocycles. The van der Waals surface area contributed by atoms with Crippen LogP contribution in [0.5, 0.6) is 0 Å². The number of unbranched alkanes of at least 4 members (excludes halogenated alkanes) is 1. The van der Waals surface area contributed by atoms with Gasteiger partial charge < -0.3 is 5.32 Å². The summed E-state index contributed by atoms with van der Waals surface area (Å²) in [5, 5.41) is 3.41. The van der Waals surface area contributed by atoms with Crippen molar-refractivity contribution in [1.29, 1.82) is 0 Å². The molecule has 1 aromatic carbocycles. The first-order valence-electron chi connectivity index (χ1n) is 6.23. The highest BCUT2D eigenvalue weighted by atomic mass is 79.9. The van der Waals surface area contributed by atoms with Crippen LogP contribution in [-0.2, 0) is 6.42 Å². The fraction of sp³-hybridized carbons (Fsp3) is 0.571. The minimum atomic E-state index is -0.160. The Hall–Kier alpha value is -0.410. The molecule has 0 atom stereocenters. The highest BCUT2D eigenvalue weighted by molar-refractivity contribution is 9.10. The molecular formula is C14H21BrFN. The second kappa shape index (κ2) is 7.83. The van der Waals surface area contributed by atoms with E-state index in [0.29, 0.717) is 5.92 Å². The van der Waals surface area contributed by atoms with E-state index >= 15 is 0 Å². The van der Waals surface area contributed by atoms with E-state index in [2.05, 4.69) is 35.1 Å². The molecule has 0 saturated carbocycles. The standard InChI is InChI=1S/C14H21BrFN/c1-11(2)10-17-6-4-3-5-12-7-13(15)9-14(16)8-12/h7-9,11,17H,3-6,10H2,1-2H3. The van der Waals surface area contributed by atoms with E-state index < -0.39 is 0 Å². The highest BCUT2D eigenvalue weighted by Gasteiger charge is 1.99. The van der Waals surface area contributed by atoms with Crippen LogP contribution in [0.3, 0.4) is 0 Å².